The van der Waals surface area contributed by atoms with E-state index < -0.39 is 16.0 Å². The summed E-state index contributed by atoms with van der Waals surface area (Å²) in [6.45, 7) is 3.97. The summed E-state index contributed by atoms with van der Waals surface area (Å²) in [5.74, 6) is -0.971. The second kappa shape index (κ2) is 6.56. The van der Waals surface area contributed by atoms with Crippen molar-refractivity contribution in [3.63, 3.8) is 0 Å². The highest BCUT2D eigenvalue weighted by atomic mass is 32.2. The molecule has 0 saturated heterocycles. The van der Waals surface area contributed by atoms with Gasteiger partial charge in [0.1, 0.15) is 0 Å². The van der Waals surface area contributed by atoms with Crippen LogP contribution in [0.5, 0.6) is 0 Å². The molecule has 1 aromatic carbocycles. The summed E-state index contributed by atoms with van der Waals surface area (Å²) < 4.78 is 26.2. The van der Waals surface area contributed by atoms with Crippen LogP contribution in [0.1, 0.15) is 38.2 Å². The van der Waals surface area contributed by atoms with E-state index in [4.69, 9.17) is 5.11 Å². The first-order valence-electron chi connectivity index (χ1n) is 6.13. The molecule has 0 amide bonds. The number of rotatable bonds is 7. The molecule has 0 heterocycles. The van der Waals surface area contributed by atoms with Gasteiger partial charge in [0.25, 0.3) is 0 Å². The van der Waals surface area contributed by atoms with Gasteiger partial charge in [0.05, 0.1) is 11.4 Å². The van der Waals surface area contributed by atoms with Crippen LogP contribution in [-0.4, -0.2) is 25.2 Å². The molecule has 0 bridgehead atoms. The van der Waals surface area contributed by atoms with Crippen LogP contribution in [-0.2, 0) is 14.8 Å². The molecule has 1 aromatic rings. The van der Waals surface area contributed by atoms with Crippen molar-refractivity contribution in [3.8, 4) is 0 Å². The summed E-state index contributed by atoms with van der Waals surface area (Å²) in [6, 6.07) is 7.21. The number of hydrogen-bond donors (Lipinski definition) is 2. The lowest BCUT2D eigenvalue weighted by Gasteiger charge is -2.14. The van der Waals surface area contributed by atoms with Gasteiger partial charge in [0, 0.05) is 6.42 Å². The molecule has 0 aliphatic heterocycles. The maximum atomic E-state index is 11.9. The van der Waals surface area contributed by atoms with Gasteiger partial charge in [-0.15, -0.1) is 0 Å². The lowest BCUT2D eigenvalue weighted by Crippen LogP contribution is -2.18. The van der Waals surface area contributed by atoms with Crippen LogP contribution in [0.4, 0.5) is 5.69 Å². The van der Waals surface area contributed by atoms with Gasteiger partial charge < -0.3 is 5.11 Å². The Bertz CT molecular complexity index is 537. The van der Waals surface area contributed by atoms with E-state index in [1.165, 1.54) is 0 Å². The molecule has 5 nitrogen and oxygen atoms in total. The van der Waals surface area contributed by atoms with Crippen LogP contribution in [0.3, 0.4) is 0 Å². The Morgan fingerprint density at radius 2 is 1.95 bits per heavy atom. The highest BCUT2D eigenvalue weighted by molar-refractivity contribution is 7.92. The molecule has 6 heteroatoms. The number of carboxylic acid groups (broad SMARTS) is 1. The largest absolute Gasteiger partial charge is 0.481 e. The number of carboxylic acids is 1. The zero-order chi connectivity index (χ0) is 14.5. The number of para-hydroxylation sites is 1. The maximum Gasteiger partial charge on any atom is 0.303 e. The van der Waals surface area contributed by atoms with Crippen molar-refractivity contribution in [2.45, 2.75) is 32.6 Å². The first-order chi connectivity index (χ1) is 8.82. The molecule has 19 heavy (non-hydrogen) atoms. The summed E-state index contributed by atoms with van der Waals surface area (Å²) in [6.07, 6.45) is -0.0404. The number of sulfonamides is 1. The van der Waals surface area contributed by atoms with Gasteiger partial charge in [0.15, 0.2) is 0 Å². The van der Waals surface area contributed by atoms with Gasteiger partial charge in [-0.05, 0) is 24.0 Å². The molecule has 0 fully saturated rings. The minimum atomic E-state index is -3.50. The van der Waals surface area contributed by atoms with Gasteiger partial charge in [-0.1, -0.05) is 32.0 Å². The molecule has 0 aromatic heterocycles. The Labute approximate surface area is 113 Å². The van der Waals surface area contributed by atoms with E-state index in [-0.39, 0.29) is 24.5 Å². The maximum absolute atomic E-state index is 11.9. The summed E-state index contributed by atoms with van der Waals surface area (Å²) in [5, 5.41) is 8.50. The molecule has 2 N–H and O–H groups in total. The predicted octanol–water partition coefficient (Wildman–Crippen LogP) is 2.42. The van der Waals surface area contributed by atoms with Crippen LogP contribution in [0, 0.1) is 0 Å². The van der Waals surface area contributed by atoms with E-state index in [0.717, 1.165) is 5.56 Å². The number of anilines is 1. The Morgan fingerprint density at radius 3 is 2.53 bits per heavy atom. The Hall–Kier alpha value is -1.56. The normalized spacial score (nSPS) is 11.5. The predicted molar refractivity (Wildman–Crippen MR) is 74.8 cm³/mol. The molecule has 0 aliphatic carbocycles. The summed E-state index contributed by atoms with van der Waals surface area (Å²) in [7, 11) is -3.50. The number of benzene rings is 1. The van der Waals surface area contributed by atoms with Crippen molar-refractivity contribution in [1.82, 2.24) is 0 Å². The lowest BCUT2D eigenvalue weighted by atomic mass is 10.0. The van der Waals surface area contributed by atoms with E-state index in [1.54, 1.807) is 12.1 Å². The number of nitrogens with one attached hydrogen (secondary N) is 1. The molecule has 106 valence electrons. The second-order valence-electron chi connectivity index (χ2n) is 4.66. The van der Waals surface area contributed by atoms with E-state index >= 15 is 0 Å². The topological polar surface area (TPSA) is 83.5 Å². The van der Waals surface area contributed by atoms with Crippen LogP contribution < -0.4 is 4.72 Å². The summed E-state index contributed by atoms with van der Waals surface area (Å²) >= 11 is 0. The fourth-order valence-electron chi connectivity index (χ4n) is 1.73. The van der Waals surface area contributed by atoms with E-state index in [1.807, 2.05) is 26.0 Å². The Kier molecular flexibility index (Phi) is 5.35. The highest BCUT2D eigenvalue weighted by Gasteiger charge is 2.14. The average Bonchev–Trinajstić information content (AvgIpc) is 2.27. The fourth-order valence-corrected chi connectivity index (χ4v) is 2.87. The van der Waals surface area contributed by atoms with E-state index in [0.29, 0.717) is 5.69 Å². The van der Waals surface area contributed by atoms with Crippen molar-refractivity contribution in [3.05, 3.63) is 29.8 Å². The summed E-state index contributed by atoms with van der Waals surface area (Å²) in [5.41, 5.74) is 1.48. The van der Waals surface area contributed by atoms with Crippen LogP contribution in [0.2, 0.25) is 0 Å². The molecule has 0 aliphatic rings. The zero-order valence-electron chi connectivity index (χ0n) is 11.1. The summed E-state index contributed by atoms with van der Waals surface area (Å²) in [4.78, 5) is 10.4. The third-order valence-corrected chi connectivity index (χ3v) is 4.01. The highest BCUT2D eigenvalue weighted by Crippen LogP contribution is 2.24. The molecule has 0 atom stereocenters. The van der Waals surface area contributed by atoms with Crippen molar-refractivity contribution < 1.29 is 18.3 Å². The SMILES string of the molecule is CC(C)c1ccccc1NS(=O)(=O)CCCC(=O)O. The van der Waals surface area contributed by atoms with Gasteiger partial charge in [-0.3, -0.25) is 9.52 Å². The minimum absolute atomic E-state index is 0.106. The molecule has 0 unspecified atom stereocenters. The third-order valence-electron chi connectivity index (χ3n) is 2.65. The van der Waals surface area contributed by atoms with Gasteiger partial charge in [0.2, 0.25) is 10.0 Å². The second-order valence-corrected chi connectivity index (χ2v) is 6.50. The quantitative estimate of drug-likeness (QED) is 0.806. The molecule has 0 radical (unpaired) electrons. The fraction of sp³-hybridized carbons (Fsp3) is 0.462. The van der Waals surface area contributed by atoms with Crippen LogP contribution in [0.25, 0.3) is 0 Å². The number of aliphatic carboxylic acids is 1. The Morgan fingerprint density at radius 1 is 1.32 bits per heavy atom. The van der Waals surface area contributed by atoms with Crippen molar-refractivity contribution in [1.29, 1.82) is 0 Å². The van der Waals surface area contributed by atoms with Gasteiger partial charge in [-0.25, -0.2) is 8.42 Å². The first-order valence-corrected chi connectivity index (χ1v) is 7.78. The van der Waals surface area contributed by atoms with Crippen molar-refractivity contribution >= 4 is 21.7 Å². The molecular weight excluding hydrogens is 266 g/mol. The smallest absolute Gasteiger partial charge is 0.303 e. The number of hydrogen-bond acceptors (Lipinski definition) is 3. The number of carbonyl (C=O) groups is 1. The van der Waals surface area contributed by atoms with Crippen LogP contribution in [0.15, 0.2) is 24.3 Å². The minimum Gasteiger partial charge on any atom is -0.481 e. The van der Waals surface area contributed by atoms with Crippen molar-refractivity contribution in [2.24, 2.45) is 0 Å². The van der Waals surface area contributed by atoms with E-state index in [2.05, 4.69) is 4.72 Å². The molecule has 1 rings (SSSR count). The van der Waals surface area contributed by atoms with Crippen molar-refractivity contribution in [2.75, 3.05) is 10.5 Å². The molecular formula is C13H19NO4S. The monoisotopic (exact) mass is 285 g/mol. The van der Waals surface area contributed by atoms with Gasteiger partial charge >= 0.3 is 5.97 Å². The van der Waals surface area contributed by atoms with Gasteiger partial charge in [-0.2, -0.15) is 0 Å². The van der Waals surface area contributed by atoms with Crippen LogP contribution >= 0.6 is 0 Å². The zero-order valence-corrected chi connectivity index (χ0v) is 11.9. The standard InChI is InChI=1S/C13H19NO4S/c1-10(2)11-6-3-4-7-12(11)14-19(17,18)9-5-8-13(15)16/h3-4,6-7,10,14H,5,8-9H2,1-2H3,(H,15,16). The third kappa shape index (κ3) is 5.30. The lowest BCUT2D eigenvalue weighted by molar-refractivity contribution is -0.137. The molecule has 0 saturated carbocycles. The molecule has 0 spiro atoms. The average molecular weight is 285 g/mol. The first kappa shape index (κ1) is 15.5. The Balaban J connectivity index is 2.75. The van der Waals surface area contributed by atoms with E-state index in [9.17, 15) is 13.2 Å².